The van der Waals surface area contributed by atoms with Gasteiger partial charge in [0.15, 0.2) is 0 Å². The molecule has 0 saturated heterocycles. The molecule has 1 aromatic carbocycles. The van der Waals surface area contributed by atoms with Gasteiger partial charge in [-0.25, -0.2) is 0 Å². The molecule has 2 rings (SSSR count). The van der Waals surface area contributed by atoms with Crippen molar-refractivity contribution in [1.82, 2.24) is 4.90 Å². The Hall–Kier alpha value is -0.176. The fourth-order valence-electron chi connectivity index (χ4n) is 1.60. The molecule has 0 aliphatic carbocycles. The van der Waals surface area contributed by atoms with Crippen molar-refractivity contribution in [2.75, 3.05) is 7.05 Å². The summed E-state index contributed by atoms with van der Waals surface area (Å²) in [6.07, 6.45) is 5.17. The molecule has 1 aliphatic rings. The Morgan fingerprint density at radius 1 is 1.24 bits per heavy atom. The first-order chi connectivity index (χ1) is 7.59. The van der Waals surface area contributed by atoms with Gasteiger partial charge in [0.1, 0.15) is 0 Å². The molecule has 1 heterocycles. The number of halogens is 1. The zero-order valence-corrected chi connectivity index (χ0v) is 14.4. The van der Waals surface area contributed by atoms with Crippen molar-refractivity contribution >= 4 is 21.6 Å². The van der Waals surface area contributed by atoms with Gasteiger partial charge < -0.3 is 4.90 Å². The summed E-state index contributed by atoms with van der Waals surface area (Å²) in [4.78, 5) is 2.04. The molecule has 1 aromatic rings. The SMILES string of the molecule is C=C1C(Br)=C[C-]=C(c2ccc(C)cc2)N1C.[Y]. The second kappa shape index (κ2) is 6.13. The number of nitrogens with zero attached hydrogens (tertiary/aromatic N) is 1. The van der Waals surface area contributed by atoms with Crippen LogP contribution < -0.4 is 0 Å². The van der Waals surface area contributed by atoms with Crippen LogP contribution in [0.3, 0.4) is 0 Å². The first kappa shape index (κ1) is 14.9. The van der Waals surface area contributed by atoms with Crippen molar-refractivity contribution in [2.45, 2.75) is 6.92 Å². The summed E-state index contributed by atoms with van der Waals surface area (Å²) in [5.41, 5.74) is 4.42. The minimum Gasteiger partial charge on any atom is -0.378 e. The van der Waals surface area contributed by atoms with Gasteiger partial charge in [-0.2, -0.15) is 12.2 Å². The summed E-state index contributed by atoms with van der Waals surface area (Å²) in [6.45, 7) is 6.10. The molecule has 1 aliphatic heterocycles. The van der Waals surface area contributed by atoms with Crippen molar-refractivity contribution in [3.8, 4) is 0 Å². The average molecular weight is 364 g/mol. The smallest absolute Gasteiger partial charge is 0.00849 e. The molecule has 85 valence electrons. The summed E-state index contributed by atoms with van der Waals surface area (Å²) < 4.78 is 0.978. The number of hydrogen-bond donors (Lipinski definition) is 0. The van der Waals surface area contributed by atoms with Crippen LogP contribution in [0.1, 0.15) is 11.1 Å². The quantitative estimate of drug-likeness (QED) is 0.684. The van der Waals surface area contributed by atoms with Crippen LogP contribution >= 0.6 is 15.9 Å². The molecule has 0 unspecified atom stereocenters. The Kier molecular flexibility index (Phi) is 5.36. The molecule has 0 fully saturated rings. The summed E-state index contributed by atoms with van der Waals surface area (Å²) in [7, 11) is 2.00. The van der Waals surface area contributed by atoms with E-state index in [9.17, 15) is 0 Å². The van der Waals surface area contributed by atoms with Gasteiger partial charge >= 0.3 is 0 Å². The van der Waals surface area contributed by atoms with E-state index in [0.717, 1.165) is 21.4 Å². The van der Waals surface area contributed by atoms with Crippen molar-refractivity contribution < 1.29 is 32.7 Å². The number of rotatable bonds is 1. The van der Waals surface area contributed by atoms with Gasteiger partial charge in [0.05, 0.1) is 0 Å². The topological polar surface area (TPSA) is 3.24 Å². The standard InChI is InChI=1S/C14H13BrN.Y/c1-10-4-6-12(7-5-10)14-9-8-13(15)11(2)16(14)3;/h4-8H,2H2,1,3H3;/q-1;. The minimum atomic E-state index is 0. The van der Waals surface area contributed by atoms with Crippen LogP contribution in [0, 0.1) is 13.0 Å². The normalized spacial score (nSPS) is 15.0. The second-order valence-corrected chi connectivity index (χ2v) is 4.71. The van der Waals surface area contributed by atoms with Crippen LogP contribution in [0.4, 0.5) is 0 Å². The van der Waals surface area contributed by atoms with Crippen molar-refractivity contribution in [3.05, 3.63) is 64.3 Å². The molecule has 0 spiro atoms. The number of aryl methyl sites for hydroxylation is 1. The molecule has 1 nitrogen and oxygen atoms in total. The molecular formula is C14H13BrNY-. The van der Waals surface area contributed by atoms with Gasteiger partial charge in [0.25, 0.3) is 0 Å². The Morgan fingerprint density at radius 2 is 1.82 bits per heavy atom. The summed E-state index contributed by atoms with van der Waals surface area (Å²) in [5.74, 6) is 0. The third kappa shape index (κ3) is 3.18. The summed E-state index contributed by atoms with van der Waals surface area (Å²) in [6, 6.07) is 8.42. The Balaban J connectivity index is 0.00000144. The predicted molar refractivity (Wildman–Crippen MR) is 71.7 cm³/mol. The Bertz CT molecular complexity index is 485. The van der Waals surface area contributed by atoms with E-state index in [1.807, 2.05) is 18.0 Å². The molecule has 0 atom stereocenters. The molecule has 0 bridgehead atoms. The van der Waals surface area contributed by atoms with Crippen molar-refractivity contribution in [3.63, 3.8) is 0 Å². The third-order valence-corrected chi connectivity index (χ3v) is 3.36. The molecule has 0 aromatic heterocycles. The molecule has 1 radical (unpaired) electrons. The van der Waals surface area contributed by atoms with E-state index < -0.39 is 0 Å². The maximum atomic E-state index is 4.02. The second-order valence-electron chi connectivity index (χ2n) is 3.86. The zero-order chi connectivity index (χ0) is 11.7. The molecular weight excluding hydrogens is 351 g/mol. The molecule has 0 N–H and O–H groups in total. The van der Waals surface area contributed by atoms with Crippen molar-refractivity contribution in [1.29, 1.82) is 0 Å². The van der Waals surface area contributed by atoms with E-state index in [1.54, 1.807) is 0 Å². The van der Waals surface area contributed by atoms with Crippen LogP contribution in [0.2, 0.25) is 0 Å². The van der Waals surface area contributed by atoms with E-state index >= 15 is 0 Å². The van der Waals surface area contributed by atoms with Gasteiger partial charge in [-0.15, -0.1) is 28.1 Å². The van der Waals surface area contributed by atoms with Crippen LogP contribution in [-0.2, 0) is 32.7 Å². The third-order valence-electron chi connectivity index (χ3n) is 2.68. The number of likely N-dealkylation sites (N-methyl/N-ethyl adjacent to an activating group) is 1. The van der Waals surface area contributed by atoms with E-state index in [2.05, 4.69) is 59.8 Å². The molecule has 3 heteroatoms. The summed E-state index contributed by atoms with van der Waals surface area (Å²) >= 11 is 3.45. The Labute approximate surface area is 136 Å². The monoisotopic (exact) mass is 363 g/mol. The number of benzene rings is 1. The van der Waals surface area contributed by atoms with Crippen LogP contribution in [-0.4, -0.2) is 11.9 Å². The maximum Gasteiger partial charge on any atom is 0.00849 e. The van der Waals surface area contributed by atoms with Crippen LogP contribution in [0.5, 0.6) is 0 Å². The van der Waals surface area contributed by atoms with Gasteiger partial charge in [0.2, 0.25) is 0 Å². The van der Waals surface area contributed by atoms with E-state index in [-0.39, 0.29) is 32.7 Å². The van der Waals surface area contributed by atoms with Gasteiger partial charge in [0, 0.05) is 39.8 Å². The molecule has 17 heavy (non-hydrogen) atoms. The van der Waals surface area contributed by atoms with Gasteiger partial charge in [-0.3, -0.25) is 0 Å². The predicted octanol–water partition coefficient (Wildman–Crippen LogP) is 3.87. The van der Waals surface area contributed by atoms with E-state index in [1.165, 1.54) is 5.56 Å². The number of allylic oxidation sites excluding steroid dienone is 3. The number of hydrogen-bond acceptors (Lipinski definition) is 1. The van der Waals surface area contributed by atoms with Crippen LogP contribution in [0.25, 0.3) is 5.70 Å². The average Bonchev–Trinajstić information content (AvgIpc) is 2.28. The van der Waals surface area contributed by atoms with Crippen LogP contribution in [0.15, 0.2) is 47.1 Å². The first-order valence-corrected chi connectivity index (χ1v) is 5.88. The summed E-state index contributed by atoms with van der Waals surface area (Å²) in [5, 5.41) is 0. The Morgan fingerprint density at radius 3 is 2.41 bits per heavy atom. The van der Waals surface area contributed by atoms with Gasteiger partial charge in [-0.1, -0.05) is 40.0 Å². The van der Waals surface area contributed by atoms with E-state index in [4.69, 9.17) is 0 Å². The first-order valence-electron chi connectivity index (χ1n) is 5.09. The van der Waals surface area contributed by atoms with Gasteiger partial charge in [-0.05, 0) is 12.6 Å². The maximum absolute atomic E-state index is 4.02. The minimum absolute atomic E-state index is 0. The fourth-order valence-corrected chi connectivity index (χ4v) is 1.98. The van der Waals surface area contributed by atoms with E-state index in [0.29, 0.717) is 0 Å². The molecule has 0 amide bonds. The largest absolute Gasteiger partial charge is 0.378 e. The molecule has 0 saturated carbocycles. The van der Waals surface area contributed by atoms with Crippen molar-refractivity contribution in [2.24, 2.45) is 0 Å². The zero-order valence-electron chi connectivity index (χ0n) is 10.00. The fraction of sp³-hybridized carbons (Fsp3) is 0.143.